The van der Waals surface area contributed by atoms with Gasteiger partial charge in [0.25, 0.3) is 0 Å². The molecular weight excluding hydrogens is 320 g/mol. The molecule has 106 valence electrons. The number of rotatable bonds is 0. The van der Waals surface area contributed by atoms with Crippen LogP contribution in [0.2, 0.25) is 0 Å². The van der Waals surface area contributed by atoms with Crippen LogP contribution in [-0.2, 0) is 14.3 Å². The van der Waals surface area contributed by atoms with Crippen molar-refractivity contribution in [3.8, 4) is 0 Å². The van der Waals surface area contributed by atoms with E-state index >= 15 is 0 Å². The molecule has 3 aliphatic carbocycles. The van der Waals surface area contributed by atoms with Crippen molar-refractivity contribution in [1.29, 1.82) is 0 Å². The minimum absolute atomic E-state index is 0.0506. The summed E-state index contributed by atoms with van der Waals surface area (Å²) in [6, 6.07) is 0. The Bertz CT molecular complexity index is 548. The minimum atomic E-state index is -0.0506. The van der Waals surface area contributed by atoms with Crippen LogP contribution in [0.15, 0.2) is 35.1 Å². The lowest BCUT2D eigenvalue weighted by molar-refractivity contribution is -0.121. The lowest BCUT2D eigenvalue weighted by Crippen LogP contribution is -2.34. The molecule has 0 radical (unpaired) electrons. The van der Waals surface area contributed by atoms with E-state index < -0.39 is 0 Å². The Labute approximate surface area is 126 Å². The number of hydrogen-bond acceptors (Lipinski definition) is 3. The average molecular weight is 337 g/mol. The van der Waals surface area contributed by atoms with E-state index in [1.807, 2.05) is 0 Å². The summed E-state index contributed by atoms with van der Waals surface area (Å²) in [6.07, 6.45) is 11.0. The number of carbonyl (C=O) groups is 1. The third-order valence-corrected chi connectivity index (χ3v) is 5.34. The van der Waals surface area contributed by atoms with Crippen molar-refractivity contribution in [3.63, 3.8) is 0 Å². The number of ether oxygens (including phenoxy) is 2. The highest BCUT2D eigenvalue weighted by atomic mass is 79.9. The van der Waals surface area contributed by atoms with E-state index in [2.05, 4.69) is 34.2 Å². The number of halogens is 1. The predicted octanol–water partition coefficient (Wildman–Crippen LogP) is 3.41. The standard InChI is InChI=1S/C16H17BrO3/c17-15-9-19-13-7-10-1-4-16(5-2-11(18)3-6-16)12(10)8-14(13)20-15/h1,4,8,13,15H,2-3,5-7,9H2. The third-order valence-electron chi connectivity index (χ3n) is 4.89. The first-order chi connectivity index (χ1) is 9.66. The van der Waals surface area contributed by atoms with E-state index in [0.29, 0.717) is 25.2 Å². The van der Waals surface area contributed by atoms with Crippen LogP contribution in [0, 0.1) is 5.41 Å². The fourth-order valence-electron chi connectivity index (χ4n) is 3.74. The van der Waals surface area contributed by atoms with Gasteiger partial charge >= 0.3 is 0 Å². The first-order valence-electron chi connectivity index (χ1n) is 7.25. The summed E-state index contributed by atoms with van der Waals surface area (Å²) in [4.78, 5) is 11.5. The number of carbonyl (C=O) groups excluding carboxylic acids is 1. The molecule has 4 aliphatic rings. The monoisotopic (exact) mass is 336 g/mol. The summed E-state index contributed by atoms with van der Waals surface area (Å²) >= 11 is 3.45. The van der Waals surface area contributed by atoms with Crippen molar-refractivity contribution in [3.05, 3.63) is 35.1 Å². The highest BCUT2D eigenvalue weighted by Crippen LogP contribution is 2.51. The van der Waals surface area contributed by atoms with Crippen molar-refractivity contribution in [1.82, 2.24) is 0 Å². The maximum atomic E-state index is 11.5. The molecule has 1 spiro atoms. The summed E-state index contributed by atoms with van der Waals surface area (Å²) in [6.45, 7) is 0.591. The van der Waals surface area contributed by atoms with Gasteiger partial charge in [0, 0.05) is 24.7 Å². The molecular formula is C16H17BrO3. The van der Waals surface area contributed by atoms with Gasteiger partial charge in [-0.15, -0.1) is 0 Å². The highest BCUT2D eigenvalue weighted by molar-refractivity contribution is 9.09. The van der Waals surface area contributed by atoms with Gasteiger partial charge in [-0.25, -0.2) is 0 Å². The van der Waals surface area contributed by atoms with E-state index in [0.717, 1.165) is 25.0 Å². The van der Waals surface area contributed by atoms with Gasteiger partial charge in [-0.2, -0.15) is 0 Å². The van der Waals surface area contributed by atoms with Crippen LogP contribution in [0.1, 0.15) is 32.1 Å². The summed E-state index contributed by atoms with van der Waals surface area (Å²) < 4.78 is 11.7. The van der Waals surface area contributed by atoms with Crippen LogP contribution in [0.25, 0.3) is 0 Å². The van der Waals surface area contributed by atoms with E-state index in [1.54, 1.807) is 0 Å². The molecule has 0 N–H and O–H groups in total. The minimum Gasteiger partial charge on any atom is -0.478 e. The van der Waals surface area contributed by atoms with Gasteiger partial charge in [-0.3, -0.25) is 4.79 Å². The fraction of sp³-hybridized carbons (Fsp3) is 0.562. The van der Waals surface area contributed by atoms with Gasteiger partial charge in [-0.1, -0.05) is 12.2 Å². The molecule has 20 heavy (non-hydrogen) atoms. The Kier molecular flexibility index (Phi) is 2.93. The molecule has 1 heterocycles. The number of allylic oxidation sites excluding steroid dienone is 4. The van der Waals surface area contributed by atoms with E-state index in [-0.39, 0.29) is 16.5 Å². The smallest absolute Gasteiger partial charge is 0.176 e. The molecule has 1 aliphatic heterocycles. The molecule has 2 unspecified atom stereocenters. The molecule has 4 heteroatoms. The summed E-state index contributed by atoms with van der Waals surface area (Å²) in [5.41, 5.74) is 2.80. The fourth-order valence-corrected chi connectivity index (χ4v) is 4.11. The number of fused-ring (bicyclic) bond motifs is 2. The molecule has 0 aromatic heterocycles. The molecule has 2 atom stereocenters. The second kappa shape index (κ2) is 4.57. The van der Waals surface area contributed by atoms with Crippen LogP contribution < -0.4 is 0 Å². The van der Waals surface area contributed by atoms with Crippen molar-refractivity contribution in [2.75, 3.05) is 6.61 Å². The van der Waals surface area contributed by atoms with Crippen LogP contribution in [0.4, 0.5) is 0 Å². The van der Waals surface area contributed by atoms with Crippen molar-refractivity contribution >= 4 is 21.7 Å². The lowest BCUT2D eigenvalue weighted by atomic mass is 9.69. The van der Waals surface area contributed by atoms with E-state index in [4.69, 9.17) is 9.47 Å². The summed E-state index contributed by atoms with van der Waals surface area (Å²) in [5.74, 6) is 1.34. The molecule has 0 aromatic rings. The van der Waals surface area contributed by atoms with Crippen molar-refractivity contribution in [2.24, 2.45) is 5.41 Å². The maximum Gasteiger partial charge on any atom is 0.176 e. The first-order valence-corrected chi connectivity index (χ1v) is 8.16. The van der Waals surface area contributed by atoms with Crippen LogP contribution in [-0.4, -0.2) is 23.5 Å². The Balaban J connectivity index is 1.66. The molecule has 3 nitrogen and oxygen atoms in total. The number of ketones is 1. The number of Topliss-reactive ketones (excluding diaryl/α,β-unsaturated/α-hetero) is 1. The molecule has 1 saturated heterocycles. The zero-order valence-electron chi connectivity index (χ0n) is 11.2. The molecule has 4 rings (SSSR count). The quantitative estimate of drug-likeness (QED) is 0.636. The second-order valence-corrected chi connectivity index (χ2v) is 7.09. The third kappa shape index (κ3) is 1.92. The summed E-state index contributed by atoms with van der Waals surface area (Å²) in [5, 5.41) is -0.0506. The van der Waals surface area contributed by atoms with Gasteiger partial charge in [0.1, 0.15) is 17.6 Å². The Hall–Kier alpha value is -0.870. The van der Waals surface area contributed by atoms with E-state index in [1.165, 1.54) is 11.1 Å². The number of hydrogen-bond donors (Lipinski definition) is 0. The predicted molar refractivity (Wildman–Crippen MR) is 78.3 cm³/mol. The molecule has 1 saturated carbocycles. The van der Waals surface area contributed by atoms with Gasteiger partial charge < -0.3 is 9.47 Å². The van der Waals surface area contributed by atoms with Crippen LogP contribution >= 0.6 is 15.9 Å². The largest absolute Gasteiger partial charge is 0.478 e. The number of alkyl halides is 1. The molecule has 0 bridgehead atoms. The van der Waals surface area contributed by atoms with Crippen molar-refractivity contribution < 1.29 is 14.3 Å². The van der Waals surface area contributed by atoms with Gasteiger partial charge in [0.2, 0.25) is 0 Å². The molecule has 0 amide bonds. The van der Waals surface area contributed by atoms with Crippen molar-refractivity contribution in [2.45, 2.75) is 43.2 Å². The molecule has 0 aromatic carbocycles. The Morgan fingerprint density at radius 3 is 2.90 bits per heavy atom. The second-order valence-electron chi connectivity index (χ2n) is 6.07. The van der Waals surface area contributed by atoms with Crippen LogP contribution in [0.5, 0.6) is 0 Å². The zero-order chi connectivity index (χ0) is 13.7. The SMILES string of the molecule is O=C1CCC2(C=CC3=C2C=C2OC(Br)COC2C3)CC1. The molecule has 2 fully saturated rings. The topological polar surface area (TPSA) is 35.5 Å². The van der Waals surface area contributed by atoms with Gasteiger partial charge in [0.15, 0.2) is 5.01 Å². The Morgan fingerprint density at radius 2 is 2.10 bits per heavy atom. The van der Waals surface area contributed by atoms with E-state index in [9.17, 15) is 4.79 Å². The van der Waals surface area contributed by atoms with Crippen LogP contribution in [0.3, 0.4) is 0 Å². The zero-order valence-corrected chi connectivity index (χ0v) is 12.8. The lowest BCUT2D eigenvalue weighted by Gasteiger charge is -2.38. The van der Waals surface area contributed by atoms with Gasteiger partial charge in [0.05, 0.1) is 6.61 Å². The summed E-state index contributed by atoms with van der Waals surface area (Å²) in [7, 11) is 0. The highest BCUT2D eigenvalue weighted by Gasteiger charge is 2.43. The Morgan fingerprint density at radius 1 is 1.30 bits per heavy atom. The first kappa shape index (κ1) is 12.8. The van der Waals surface area contributed by atoms with Gasteiger partial charge in [-0.05, 0) is 46.0 Å². The maximum absolute atomic E-state index is 11.5. The normalized spacial score (nSPS) is 34.6. The average Bonchev–Trinajstić information content (AvgIpc) is 2.78.